The molecule has 1 aliphatic heterocycles. The number of aromatic nitrogens is 3. The molecule has 1 aromatic carbocycles. The summed E-state index contributed by atoms with van der Waals surface area (Å²) in [4.78, 5) is 24.9. The molecule has 1 N–H and O–H groups in total. The molecule has 3 aromatic rings. The average molecular weight is 448 g/mol. The molecular weight excluding hydrogens is 429 g/mol. The van der Waals surface area contributed by atoms with Crippen molar-refractivity contribution >= 4 is 28.4 Å². The normalized spacial score (nSPS) is 15.1. The second-order valence-corrected chi connectivity index (χ2v) is 7.78. The van der Waals surface area contributed by atoms with Gasteiger partial charge in [-0.3, -0.25) is 9.69 Å². The average Bonchev–Trinajstić information content (AvgIpc) is 3.26. The Morgan fingerprint density at radius 1 is 1.06 bits per heavy atom. The predicted molar refractivity (Wildman–Crippen MR) is 110 cm³/mol. The first-order valence-corrected chi connectivity index (χ1v) is 10.3. The summed E-state index contributed by atoms with van der Waals surface area (Å²) in [6.07, 6.45) is -3.10. The summed E-state index contributed by atoms with van der Waals surface area (Å²) < 4.78 is 43.6. The van der Waals surface area contributed by atoms with Gasteiger partial charge in [-0.1, -0.05) is 18.2 Å². The number of hydrogen-bond acceptors (Lipinski definition) is 7. The number of nitrogens with one attached hydrogen (secondary N) is 1. The molecule has 1 fully saturated rings. The molecule has 1 aliphatic rings. The van der Waals surface area contributed by atoms with E-state index < -0.39 is 17.6 Å². The molecule has 0 unspecified atom stereocenters. The molecule has 3 heterocycles. The van der Waals surface area contributed by atoms with E-state index in [2.05, 4.69) is 24.6 Å². The van der Waals surface area contributed by atoms with E-state index in [1.165, 1.54) is 41.0 Å². The molecule has 0 spiro atoms. The third-order valence-corrected chi connectivity index (χ3v) is 5.49. The van der Waals surface area contributed by atoms with E-state index in [1.807, 2.05) is 18.2 Å². The molecule has 0 bridgehead atoms. The molecule has 0 saturated carbocycles. The largest absolute Gasteiger partial charge is 0.417 e. The summed E-state index contributed by atoms with van der Waals surface area (Å²) in [5.41, 5.74) is -0.358. The maximum absolute atomic E-state index is 13.2. The lowest BCUT2D eigenvalue weighted by Crippen LogP contribution is -2.48. The Hall–Kier alpha value is -3.05. The molecule has 7 nitrogen and oxygen atoms in total. The highest BCUT2D eigenvalue weighted by atomic mass is 32.1. The number of piperazine rings is 1. The van der Waals surface area contributed by atoms with Crippen LogP contribution in [0.25, 0.3) is 0 Å². The quantitative estimate of drug-likeness (QED) is 0.642. The summed E-state index contributed by atoms with van der Waals surface area (Å²) in [5.74, 6) is 0.0702. The lowest BCUT2D eigenvalue weighted by Gasteiger charge is -2.35. The number of amides is 1. The first kappa shape index (κ1) is 21.2. The minimum absolute atomic E-state index is 0.305. The van der Waals surface area contributed by atoms with E-state index in [1.54, 1.807) is 0 Å². The molecule has 0 radical (unpaired) electrons. The third kappa shape index (κ3) is 5.17. The first-order valence-electron chi connectivity index (χ1n) is 9.57. The van der Waals surface area contributed by atoms with E-state index in [4.69, 9.17) is 0 Å². The summed E-state index contributed by atoms with van der Waals surface area (Å²) in [7, 11) is 0. The van der Waals surface area contributed by atoms with Gasteiger partial charge in [-0.25, -0.2) is 9.97 Å². The zero-order chi connectivity index (χ0) is 21.8. The fraction of sp³-hybridized carbons (Fsp3) is 0.300. The second-order valence-electron chi connectivity index (χ2n) is 7.00. The standard InChI is InChI=1S/C20H19F3N6OS/c21-20(22,23)16-6-2-1-5-15(16)18(30)29-10-8-28(9-11-29)12-14-4-3-7-17(26-14)27-19-24-13-25-31-19/h1-7,13H,8-12H2,(H,24,25,26,27). The van der Waals surface area contributed by atoms with E-state index in [0.717, 1.165) is 11.8 Å². The number of rotatable bonds is 5. The van der Waals surface area contributed by atoms with E-state index in [-0.39, 0.29) is 5.56 Å². The Morgan fingerprint density at radius 2 is 1.84 bits per heavy atom. The van der Waals surface area contributed by atoms with E-state index in [0.29, 0.717) is 43.7 Å². The first-order chi connectivity index (χ1) is 14.9. The van der Waals surface area contributed by atoms with E-state index in [9.17, 15) is 18.0 Å². The van der Waals surface area contributed by atoms with Crippen molar-refractivity contribution in [3.63, 3.8) is 0 Å². The molecular formula is C20H19F3N6OS. The van der Waals surface area contributed by atoms with Crippen LogP contribution in [0, 0.1) is 0 Å². The summed E-state index contributed by atoms with van der Waals surface area (Å²) in [6, 6.07) is 10.5. The summed E-state index contributed by atoms with van der Waals surface area (Å²) in [6.45, 7) is 2.39. The highest BCUT2D eigenvalue weighted by Gasteiger charge is 2.36. The molecule has 1 amide bonds. The zero-order valence-corrected chi connectivity index (χ0v) is 17.2. The van der Waals surface area contributed by atoms with Crippen molar-refractivity contribution in [2.75, 3.05) is 31.5 Å². The van der Waals surface area contributed by atoms with Crippen molar-refractivity contribution in [2.24, 2.45) is 0 Å². The van der Waals surface area contributed by atoms with Crippen molar-refractivity contribution in [3.8, 4) is 0 Å². The van der Waals surface area contributed by atoms with E-state index >= 15 is 0 Å². The maximum atomic E-state index is 13.2. The van der Waals surface area contributed by atoms with Crippen molar-refractivity contribution in [1.82, 2.24) is 24.1 Å². The number of hydrogen-bond donors (Lipinski definition) is 1. The Balaban J connectivity index is 1.36. The van der Waals surface area contributed by atoms with Gasteiger partial charge in [0.1, 0.15) is 12.1 Å². The van der Waals surface area contributed by atoms with Crippen molar-refractivity contribution in [3.05, 3.63) is 65.6 Å². The lowest BCUT2D eigenvalue weighted by atomic mass is 10.1. The van der Waals surface area contributed by atoms with Crippen LogP contribution in [0.1, 0.15) is 21.6 Å². The Bertz CT molecular complexity index is 1040. The monoisotopic (exact) mass is 448 g/mol. The van der Waals surface area contributed by atoms with Crippen LogP contribution in [-0.2, 0) is 12.7 Å². The van der Waals surface area contributed by atoms with Gasteiger partial charge in [0.05, 0.1) is 16.8 Å². The van der Waals surface area contributed by atoms with Crippen molar-refractivity contribution in [1.29, 1.82) is 0 Å². The van der Waals surface area contributed by atoms with Crippen LogP contribution in [0.4, 0.5) is 24.1 Å². The van der Waals surface area contributed by atoms with Gasteiger partial charge in [-0.15, -0.1) is 0 Å². The number of anilines is 2. The number of pyridine rings is 1. The topological polar surface area (TPSA) is 74.2 Å². The number of halogens is 3. The third-order valence-electron chi connectivity index (χ3n) is 4.91. The van der Waals surface area contributed by atoms with Crippen LogP contribution in [0.5, 0.6) is 0 Å². The molecule has 162 valence electrons. The number of carbonyl (C=O) groups excluding carboxylic acids is 1. The molecule has 31 heavy (non-hydrogen) atoms. The fourth-order valence-electron chi connectivity index (χ4n) is 3.40. The molecule has 11 heteroatoms. The summed E-state index contributed by atoms with van der Waals surface area (Å²) in [5, 5.41) is 3.74. The zero-order valence-electron chi connectivity index (χ0n) is 16.3. The van der Waals surface area contributed by atoms with Gasteiger partial charge in [0.25, 0.3) is 5.91 Å². The highest BCUT2D eigenvalue weighted by molar-refractivity contribution is 7.09. The van der Waals surface area contributed by atoms with Crippen LogP contribution in [0.2, 0.25) is 0 Å². The molecule has 0 atom stereocenters. The van der Waals surface area contributed by atoms with Crippen LogP contribution < -0.4 is 5.32 Å². The number of carbonyl (C=O) groups is 1. The maximum Gasteiger partial charge on any atom is 0.417 e. The van der Waals surface area contributed by atoms with Gasteiger partial charge in [0, 0.05) is 44.3 Å². The Labute approximate surface area is 180 Å². The van der Waals surface area contributed by atoms with Crippen LogP contribution in [-0.4, -0.2) is 56.2 Å². The Morgan fingerprint density at radius 3 is 2.55 bits per heavy atom. The number of benzene rings is 1. The van der Waals surface area contributed by atoms with Crippen molar-refractivity contribution < 1.29 is 18.0 Å². The van der Waals surface area contributed by atoms with Gasteiger partial charge >= 0.3 is 6.18 Å². The molecule has 1 saturated heterocycles. The van der Waals surface area contributed by atoms with Gasteiger partial charge < -0.3 is 10.2 Å². The Kier molecular flexibility index (Phi) is 6.14. The smallest absolute Gasteiger partial charge is 0.336 e. The number of nitrogens with zero attached hydrogens (tertiary/aromatic N) is 5. The van der Waals surface area contributed by atoms with Gasteiger partial charge in [-0.05, 0) is 24.3 Å². The SMILES string of the molecule is O=C(c1ccccc1C(F)(F)F)N1CCN(Cc2cccc(Nc3ncns3)n2)CC1. The fourth-order valence-corrected chi connectivity index (χ4v) is 3.84. The molecule has 2 aromatic heterocycles. The van der Waals surface area contributed by atoms with Gasteiger partial charge in [0.15, 0.2) is 0 Å². The molecule has 0 aliphatic carbocycles. The molecule has 4 rings (SSSR count). The van der Waals surface area contributed by atoms with Gasteiger partial charge in [0.2, 0.25) is 5.13 Å². The minimum Gasteiger partial charge on any atom is -0.336 e. The van der Waals surface area contributed by atoms with Crippen LogP contribution in [0.15, 0.2) is 48.8 Å². The second kappa shape index (κ2) is 8.98. The minimum atomic E-state index is -4.56. The predicted octanol–water partition coefficient (Wildman–Crippen LogP) is 3.65. The van der Waals surface area contributed by atoms with Crippen LogP contribution >= 0.6 is 11.5 Å². The summed E-state index contributed by atoms with van der Waals surface area (Å²) >= 11 is 1.23. The van der Waals surface area contributed by atoms with Crippen LogP contribution in [0.3, 0.4) is 0 Å². The van der Waals surface area contributed by atoms with Gasteiger partial charge in [-0.2, -0.15) is 17.5 Å². The van der Waals surface area contributed by atoms with Crippen molar-refractivity contribution in [2.45, 2.75) is 12.7 Å². The number of alkyl halides is 3. The lowest BCUT2D eigenvalue weighted by molar-refractivity contribution is -0.138. The highest BCUT2D eigenvalue weighted by Crippen LogP contribution is 2.32.